The van der Waals surface area contributed by atoms with E-state index in [1.807, 2.05) is 0 Å². The van der Waals surface area contributed by atoms with Crippen molar-refractivity contribution in [3.8, 4) is 0 Å². The van der Waals surface area contributed by atoms with Crippen LogP contribution in [0, 0.1) is 5.92 Å². The number of rotatable bonds is 3. The van der Waals surface area contributed by atoms with Gasteiger partial charge in [0.2, 0.25) is 0 Å². The van der Waals surface area contributed by atoms with Gasteiger partial charge in [-0.1, -0.05) is 19.3 Å². The maximum Gasteiger partial charge on any atom is 0.0223 e. The topological polar surface area (TPSA) is 6.48 Å². The van der Waals surface area contributed by atoms with Crippen molar-refractivity contribution >= 4 is 0 Å². The second-order valence-electron chi connectivity index (χ2n) is 6.80. The summed E-state index contributed by atoms with van der Waals surface area (Å²) in [7, 11) is 0. The first-order valence-electron chi connectivity index (χ1n) is 8.38. The number of hydrogen-bond donors (Lipinski definition) is 0. The van der Waals surface area contributed by atoms with Gasteiger partial charge in [-0.2, -0.15) is 0 Å². The van der Waals surface area contributed by atoms with Gasteiger partial charge in [0.05, 0.1) is 0 Å². The van der Waals surface area contributed by atoms with Gasteiger partial charge in [-0.25, -0.2) is 0 Å². The molecule has 0 amide bonds. The van der Waals surface area contributed by atoms with Gasteiger partial charge >= 0.3 is 0 Å². The van der Waals surface area contributed by atoms with Gasteiger partial charge in [0.15, 0.2) is 0 Å². The van der Waals surface area contributed by atoms with E-state index in [0.717, 1.165) is 12.0 Å². The molecular weight excluding hydrogens is 220 g/mol. The van der Waals surface area contributed by atoms with Crippen molar-refractivity contribution in [2.24, 2.45) is 5.92 Å². The molecule has 3 aliphatic rings. The molecule has 0 radical (unpaired) electrons. The minimum absolute atomic E-state index is 0.893. The normalized spacial score (nSPS) is 33.0. The highest BCUT2D eigenvalue weighted by Gasteiger charge is 2.28. The van der Waals surface area contributed by atoms with Crippen LogP contribution in [0.4, 0.5) is 0 Å². The van der Waals surface area contributed by atoms with Crippen LogP contribution in [0.15, 0.2) is 0 Å². The molecule has 0 N–H and O–H groups in total. The van der Waals surface area contributed by atoms with Crippen LogP contribution < -0.4 is 0 Å². The lowest BCUT2D eigenvalue weighted by Crippen LogP contribution is -2.48. The Balaban J connectivity index is 1.47. The fourth-order valence-electron chi connectivity index (χ4n) is 4.34. The number of hydrogen-bond acceptors (Lipinski definition) is 2. The molecule has 1 atom stereocenters. The number of nitrogens with zero attached hydrogens (tertiary/aromatic N) is 2. The van der Waals surface area contributed by atoms with Gasteiger partial charge in [-0.05, 0) is 64.1 Å². The molecule has 1 unspecified atom stereocenters. The molecule has 0 aromatic rings. The minimum Gasteiger partial charge on any atom is -0.302 e. The third-order valence-electron chi connectivity index (χ3n) is 5.38. The van der Waals surface area contributed by atoms with E-state index in [1.54, 1.807) is 0 Å². The van der Waals surface area contributed by atoms with Crippen LogP contribution in [0.1, 0.15) is 57.8 Å². The van der Waals surface area contributed by atoms with Crippen LogP contribution in [0.3, 0.4) is 0 Å². The second-order valence-corrected chi connectivity index (χ2v) is 6.80. The Hall–Kier alpha value is -0.0800. The first-order chi connectivity index (χ1) is 8.92. The molecule has 2 heterocycles. The molecule has 0 bridgehead atoms. The summed E-state index contributed by atoms with van der Waals surface area (Å²) in [6.45, 7) is 6.91. The van der Waals surface area contributed by atoms with Crippen LogP contribution >= 0.6 is 0 Å². The van der Waals surface area contributed by atoms with E-state index in [2.05, 4.69) is 9.80 Å². The molecule has 2 aliphatic heterocycles. The standard InChI is InChI=1S/C16H30N2/c1-2-7-15(8-3-1)13-17-10-6-9-16(14-17)18-11-4-5-12-18/h15-16H,1-14H2. The van der Waals surface area contributed by atoms with Crippen LogP contribution in [0.2, 0.25) is 0 Å². The zero-order chi connectivity index (χ0) is 12.2. The molecule has 1 saturated carbocycles. The Labute approximate surface area is 113 Å². The SMILES string of the molecule is C1CCC(CN2CCCC(N3CCCC3)C2)CC1. The number of piperidine rings is 1. The molecule has 2 heteroatoms. The zero-order valence-electron chi connectivity index (χ0n) is 11.9. The van der Waals surface area contributed by atoms with Gasteiger partial charge < -0.3 is 4.90 Å². The van der Waals surface area contributed by atoms with Crippen LogP contribution in [-0.2, 0) is 0 Å². The third-order valence-corrected chi connectivity index (χ3v) is 5.38. The molecule has 3 fully saturated rings. The van der Waals surface area contributed by atoms with Gasteiger partial charge in [0.25, 0.3) is 0 Å². The Bertz CT molecular complexity index is 241. The molecule has 2 saturated heterocycles. The molecule has 3 rings (SSSR count). The number of likely N-dealkylation sites (tertiary alicyclic amines) is 2. The van der Waals surface area contributed by atoms with Crippen molar-refractivity contribution in [3.05, 3.63) is 0 Å². The summed E-state index contributed by atoms with van der Waals surface area (Å²) in [5.74, 6) is 1.02. The first kappa shape index (κ1) is 12.9. The Kier molecular flexibility index (Phi) is 4.58. The molecule has 0 aromatic heterocycles. The average Bonchev–Trinajstić information content (AvgIpc) is 2.94. The lowest BCUT2D eigenvalue weighted by atomic mass is 9.88. The molecule has 1 aliphatic carbocycles. The maximum atomic E-state index is 2.79. The van der Waals surface area contributed by atoms with Crippen LogP contribution in [0.5, 0.6) is 0 Å². The van der Waals surface area contributed by atoms with E-state index in [-0.39, 0.29) is 0 Å². The fraction of sp³-hybridized carbons (Fsp3) is 1.00. The molecule has 18 heavy (non-hydrogen) atoms. The summed E-state index contributed by atoms with van der Waals surface area (Å²) >= 11 is 0. The molecule has 104 valence electrons. The van der Waals surface area contributed by atoms with E-state index in [1.165, 1.54) is 90.5 Å². The monoisotopic (exact) mass is 250 g/mol. The Morgan fingerprint density at radius 3 is 2.28 bits per heavy atom. The Morgan fingerprint density at radius 1 is 0.722 bits per heavy atom. The highest BCUT2D eigenvalue weighted by molar-refractivity contribution is 4.84. The van der Waals surface area contributed by atoms with Crippen molar-refractivity contribution in [1.82, 2.24) is 9.80 Å². The van der Waals surface area contributed by atoms with Crippen molar-refractivity contribution in [1.29, 1.82) is 0 Å². The van der Waals surface area contributed by atoms with Gasteiger partial charge in [0, 0.05) is 19.1 Å². The summed E-state index contributed by atoms with van der Waals surface area (Å²) in [6, 6.07) is 0.893. The van der Waals surface area contributed by atoms with E-state index >= 15 is 0 Å². The maximum absolute atomic E-state index is 2.79. The minimum atomic E-state index is 0.893. The quantitative estimate of drug-likeness (QED) is 0.759. The molecule has 0 aromatic carbocycles. The summed E-state index contributed by atoms with van der Waals surface area (Å²) in [5.41, 5.74) is 0. The predicted molar refractivity (Wildman–Crippen MR) is 76.8 cm³/mol. The third kappa shape index (κ3) is 3.27. The molecule has 2 nitrogen and oxygen atoms in total. The summed E-state index contributed by atoms with van der Waals surface area (Å²) in [4.78, 5) is 5.56. The fourth-order valence-corrected chi connectivity index (χ4v) is 4.34. The first-order valence-corrected chi connectivity index (χ1v) is 8.38. The van der Waals surface area contributed by atoms with Gasteiger partial charge in [0.1, 0.15) is 0 Å². The summed E-state index contributed by atoms with van der Waals surface area (Å²) < 4.78 is 0. The highest BCUT2D eigenvalue weighted by Crippen LogP contribution is 2.26. The molecule has 0 spiro atoms. The van der Waals surface area contributed by atoms with Crippen molar-refractivity contribution in [2.75, 3.05) is 32.7 Å². The smallest absolute Gasteiger partial charge is 0.0223 e. The van der Waals surface area contributed by atoms with E-state index in [0.29, 0.717) is 0 Å². The van der Waals surface area contributed by atoms with Crippen molar-refractivity contribution in [3.63, 3.8) is 0 Å². The van der Waals surface area contributed by atoms with E-state index in [9.17, 15) is 0 Å². The Morgan fingerprint density at radius 2 is 1.50 bits per heavy atom. The highest BCUT2D eigenvalue weighted by atomic mass is 15.2. The van der Waals surface area contributed by atoms with Crippen LogP contribution in [0.25, 0.3) is 0 Å². The average molecular weight is 250 g/mol. The van der Waals surface area contributed by atoms with E-state index in [4.69, 9.17) is 0 Å². The predicted octanol–water partition coefficient (Wildman–Crippen LogP) is 3.13. The van der Waals surface area contributed by atoms with Crippen molar-refractivity contribution < 1.29 is 0 Å². The van der Waals surface area contributed by atoms with E-state index < -0.39 is 0 Å². The van der Waals surface area contributed by atoms with Crippen LogP contribution in [-0.4, -0.2) is 48.6 Å². The summed E-state index contributed by atoms with van der Waals surface area (Å²) in [5, 5.41) is 0. The van der Waals surface area contributed by atoms with Gasteiger partial charge in [-0.15, -0.1) is 0 Å². The molecular formula is C16H30N2. The second kappa shape index (κ2) is 6.38. The van der Waals surface area contributed by atoms with Crippen molar-refractivity contribution in [2.45, 2.75) is 63.8 Å². The lowest BCUT2D eigenvalue weighted by Gasteiger charge is -2.39. The summed E-state index contributed by atoms with van der Waals surface area (Å²) in [6.07, 6.45) is 13.3. The lowest BCUT2D eigenvalue weighted by molar-refractivity contribution is 0.0963. The van der Waals surface area contributed by atoms with Gasteiger partial charge in [-0.3, -0.25) is 4.90 Å². The largest absolute Gasteiger partial charge is 0.302 e. The zero-order valence-corrected chi connectivity index (χ0v) is 11.9.